The van der Waals surface area contributed by atoms with Gasteiger partial charge in [-0.2, -0.15) is 13.2 Å². The summed E-state index contributed by atoms with van der Waals surface area (Å²) in [6.45, 7) is 1.78. The van der Waals surface area contributed by atoms with Crippen LogP contribution in [0, 0.1) is 5.92 Å². The van der Waals surface area contributed by atoms with Gasteiger partial charge in [0.15, 0.2) is 5.12 Å². The molecule has 0 saturated carbocycles. The summed E-state index contributed by atoms with van der Waals surface area (Å²) in [6, 6.07) is 3.75. The topological polar surface area (TPSA) is 37.4 Å². The minimum atomic E-state index is -4.48. The van der Waals surface area contributed by atoms with Crippen molar-refractivity contribution < 1.29 is 22.8 Å². The molecule has 22 heavy (non-hydrogen) atoms. The molecule has 1 aromatic carbocycles. The van der Waals surface area contributed by atoms with Gasteiger partial charge in [0.1, 0.15) is 0 Å². The van der Waals surface area contributed by atoms with E-state index in [9.17, 15) is 22.8 Å². The smallest absolute Gasteiger partial charge is 0.312 e. The molecule has 1 aromatic rings. The number of halogens is 4. The predicted octanol–water partition coefficient (Wildman–Crippen LogP) is 4.10. The lowest BCUT2D eigenvalue weighted by Gasteiger charge is -2.19. The van der Waals surface area contributed by atoms with Gasteiger partial charge in [-0.05, 0) is 24.1 Å². The van der Waals surface area contributed by atoms with E-state index in [0.717, 1.165) is 17.8 Å². The Kier molecular flexibility index (Phi) is 5.21. The molecular formula is C14H13BrF3NO2S. The van der Waals surface area contributed by atoms with E-state index in [0.29, 0.717) is 12.3 Å². The van der Waals surface area contributed by atoms with E-state index < -0.39 is 11.7 Å². The number of carbonyl (C=O) groups is 2. The highest BCUT2D eigenvalue weighted by atomic mass is 79.9. The van der Waals surface area contributed by atoms with Gasteiger partial charge in [0.2, 0.25) is 5.91 Å². The zero-order valence-electron chi connectivity index (χ0n) is 11.6. The molecule has 8 heteroatoms. The molecule has 120 valence electrons. The number of hydrogen-bond donors (Lipinski definition) is 0. The van der Waals surface area contributed by atoms with E-state index in [4.69, 9.17) is 0 Å². The highest BCUT2D eigenvalue weighted by molar-refractivity contribution is 9.10. The highest BCUT2D eigenvalue weighted by Crippen LogP contribution is 2.38. The van der Waals surface area contributed by atoms with Crippen LogP contribution in [0.15, 0.2) is 22.7 Å². The van der Waals surface area contributed by atoms with Crippen LogP contribution in [-0.4, -0.2) is 23.3 Å². The fourth-order valence-corrected chi connectivity index (χ4v) is 3.44. The van der Waals surface area contributed by atoms with Crippen LogP contribution in [-0.2, 0) is 15.8 Å². The van der Waals surface area contributed by atoms with E-state index in [1.807, 2.05) is 0 Å². The number of amides is 1. The quantitative estimate of drug-likeness (QED) is 0.772. The summed E-state index contributed by atoms with van der Waals surface area (Å²) in [7, 11) is 0. The number of rotatable bonds is 3. The van der Waals surface area contributed by atoms with Crippen molar-refractivity contribution in [2.75, 3.05) is 17.2 Å². The van der Waals surface area contributed by atoms with E-state index in [-0.39, 0.29) is 33.5 Å². The van der Waals surface area contributed by atoms with Crippen LogP contribution in [0.5, 0.6) is 0 Å². The van der Waals surface area contributed by atoms with Crippen LogP contribution >= 0.6 is 27.7 Å². The summed E-state index contributed by atoms with van der Waals surface area (Å²) in [6.07, 6.45) is -4.24. The first kappa shape index (κ1) is 17.3. The van der Waals surface area contributed by atoms with Gasteiger partial charge >= 0.3 is 6.18 Å². The summed E-state index contributed by atoms with van der Waals surface area (Å²) in [5, 5.41) is -0.0334. The Labute approximate surface area is 138 Å². The van der Waals surface area contributed by atoms with Crippen molar-refractivity contribution in [1.82, 2.24) is 0 Å². The van der Waals surface area contributed by atoms with Crippen molar-refractivity contribution in [1.29, 1.82) is 0 Å². The molecule has 0 aromatic heterocycles. The van der Waals surface area contributed by atoms with Crippen LogP contribution < -0.4 is 4.90 Å². The van der Waals surface area contributed by atoms with Gasteiger partial charge in [-0.15, -0.1) is 0 Å². The van der Waals surface area contributed by atoms with Gasteiger partial charge in [-0.25, -0.2) is 0 Å². The van der Waals surface area contributed by atoms with Crippen molar-refractivity contribution in [3.8, 4) is 0 Å². The zero-order chi connectivity index (χ0) is 16.5. The molecule has 1 aliphatic heterocycles. The van der Waals surface area contributed by atoms with E-state index in [2.05, 4.69) is 15.9 Å². The molecule has 0 N–H and O–H groups in total. The molecule has 0 aliphatic carbocycles. The Hall–Kier alpha value is -1.02. The summed E-state index contributed by atoms with van der Waals surface area (Å²) in [5.74, 6) is 0.254. The van der Waals surface area contributed by atoms with Crippen LogP contribution in [0.4, 0.5) is 18.9 Å². The summed E-state index contributed by atoms with van der Waals surface area (Å²) >= 11 is 4.01. The number of thioether (sulfide) groups is 1. The first-order valence-electron chi connectivity index (χ1n) is 6.49. The Morgan fingerprint density at radius 1 is 1.45 bits per heavy atom. The number of nitrogens with zero attached hydrogens (tertiary/aromatic N) is 1. The molecule has 2 rings (SSSR count). The van der Waals surface area contributed by atoms with Crippen LogP contribution in [0.2, 0.25) is 0 Å². The van der Waals surface area contributed by atoms with E-state index >= 15 is 0 Å². The number of anilines is 1. The van der Waals surface area contributed by atoms with Crippen molar-refractivity contribution >= 4 is 44.4 Å². The monoisotopic (exact) mass is 395 g/mol. The Morgan fingerprint density at radius 3 is 2.73 bits per heavy atom. The summed E-state index contributed by atoms with van der Waals surface area (Å²) < 4.78 is 38.7. The lowest BCUT2D eigenvalue weighted by Crippen LogP contribution is -2.25. The van der Waals surface area contributed by atoms with Crippen molar-refractivity contribution in [2.45, 2.75) is 19.5 Å². The third-order valence-electron chi connectivity index (χ3n) is 3.29. The Bertz CT molecular complexity index is 606. The van der Waals surface area contributed by atoms with Crippen molar-refractivity contribution in [3.05, 3.63) is 28.2 Å². The lowest BCUT2D eigenvalue weighted by atomic mass is 10.1. The van der Waals surface area contributed by atoms with Crippen LogP contribution in [0.1, 0.15) is 18.9 Å². The third kappa shape index (κ3) is 4.04. The fourth-order valence-electron chi connectivity index (χ4n) is 2.28. The van der Waals surface area contributed by atoms with Crippen molar-refractivity contribution in [3.63, 3.8) is 0 Å². The molecule has 1 saturated heterocycles. The number of alkyl halides is 3. The van der Waals surface area contributed by atoms with Gasteiger partial charge in [-0.3, -0.25) is 9.59 Å². The van der Waals surface area contributed by atoms with E-state index in [1.54, 1.807) is 0 Å². The third-order valence-corrected chi connectivity index (χ3v) is 5.03. The molecule has 0 bridgehead atoms. The highest BCUT2D eigenvalue weighted by Gasteiger charge is 2.36. The molecule has 1 fully saturated rings. The van der Waals surface area contributed by atoms with Crippen LogP contribution in [0.25, 0.3) is 0 Å². The van der Waals surface area contributed by atoms with Gasteiger partial charge in [0.05, 0.1) is 5.56 Å². The Balaban J connectivity index is 2.18. The maximum absolute atomic E-state index is 12.9. The minimum absolute atomic E-state index is 0.0283. The van der Waals surface area contributed by atoms with Crippen molar-refractivity contribution in [2.24, 2.45) is 5.92 Å². The fraction of sp³-hybridized carbons (Fsp3) is 0.429. The minimum Gasteiger partial charge on any atom is -0.312 e. The van der Waals surface area contributed by atoms with E-state index in [1.165, 1.54) is 24.0 Å². The first-order chi connectivity index (χ1) is 10.2. The lowest BCUT2D eigenvalue weighted by molar-refractivity contribution is -0.138. The van der Waals surface area contributed by atoms with Crippen LogP contribution in [0.3, 0.4) is 0 Å². The second-order valence-corrected chi connectivity index (χ2v) is 7.09. The molecule has 1 amide bonds. The number of hydrogen-bond acceptors (Lipinski definition) is 3. The molecule has 1 unspecified atom stereocenters. The maximum atomic E-state index is 12.9. The van der Waals surface area contributed by atoms with Gasteiger partial charge in [0.25, 0.3) is 0 Å². The molecule has 0 spiro atoms. The second kappa shape index (κ2) is 6.62. The SMILES string of the molecule is CC(=O)SCC1CC(=O)N(c2ccc(Br)c(C(F)(F)F)c2)C1. The average Bonchev–Trinajstić information content (AvgIpc) is 2.77. The molecule has 1 heterocycles. The second-order valence-electron chi connectivity index (χ2n) is 5.04. The standard InChI is InChI=1S/C14H13BrF3NO2S/c1-8(20)22-7-9-4-13(21)19(6-9)10-2-3-12(15)11(5-10)14(16,17)18/h2-3,5,9H,4,6-7H2,1H3. The molecule has 1 aliphatic rings. The zero-order valence-corrected chi connectivity index (χ0v) is 14.0. The Morgan fingerprint density at radius 2 is 2.14 bits per heavy atom. The van der Waals surface area contributed by atoms with Gasteiger partial charge in [-0.1, -0.05) is 27.7 Å². The summed E-state index contributed by atoms with van der Waals surface area (Å²) in [5.41, 5.74) is -0.574. The largest absolute Gasteiger partial charge is 0.417 e. The molecule has 3 nitrogen and oxygen atoms in total. The van der Waals surface area contributed by atoms with Gasteiger partial charge in [0, 0.05) is 35.8 Å². The maximum Gasteiger partial charge on any atom is 0.417 e. The predicted molar refractivity (Wildman–Crippen MR) is 82.7 cm³/mol. The molecule has 1 atom stereocenters. The average molecular weight is 396 g/mol. The number of carbonyl (C=O) groups excluding carboxylic acids is 2. The molecular weight excluding hydrogens is 383 g/mol. The van der Waals surface area contributed by atoms with Gasteiger partial charge < -0.3 is 4.90 Å². The number of benzene rings is 1. The summed E-state index contributed by atoms with van der Waals surface area (Å²) in [4.78, 5) is 24.3. The first-order valence-corrected chi connectivity index (χ1v) is 8.27. The molecule has 0 radical (unpaired) electrons. The normalized spacial score (nSPS) is 18.9.